The number of carbonyl (C=O) groups is 1. The summed E-state index contributed by atoms with van der Waals surface area (Å²) >= 11 is 0. The van der Waals surface area contributed by atoms with Crippen molar-refractivity contribution in [1.82, 2.24) is 0 Å². The van der Waals surface area contributed by atoms with Crippen molar-refractivity contribution < 1.29 is 9.53 Å². The highest BCUT2D eigenvalue weighted by Gasteiger charge is 2.35. The summed E-state index contributed by atoms with van der Waals surface area (Å²) in [6.45, 7) is 4.10. The zero-order valence-corrected chi connectivity index (χ0v) is 15.2. The molecule has 0 unspecified atom stereocenters. The zero-order valence-electron chi connectivity index (χ0n) is 15.2. The number of ether oxygens (including phenoxy) is 1. The zero-order chi connectivity index (χ0) is 18.1. The molecule has 1 aliphatic rings. The van der Waals surface area contributed by atoms with E-state index in [0.29, 0.717) is 6.42 Å². The van der Waals surface area contributed by atoms with E-state index in [1.54, 1.807) is 0 Å². The van der Waals surface area contributed by atoms with Crippen molar-refractivity contribution in [3.05, 3.63) is 72.3 Å². The molecule has 0 N–H and O–H groups in total. The molecular formula is C23H23NO2. The molecule has 1 heterocycles. The van der Waals surface area contributed by atoms with Gasteiger partial charge in [-0.2, -0.15) is 0 Å². The lowest BCUT2D eigenvalue weighted by Crippen LogP contribution is -2.44. The summed E-state index contributed by atoms with van der Waals surface area (Å²) in [7, 11) is 0. The minimum Gasteiger partial charge on any atom is -0.480 e. The summed E-state index contributed by atoms with van der Waals surface area (Å²) < 4.78 is 6.22. The number of fused-ring (bicyclic) bond motifs is 2. The van der Waals surface area contributed by atoms with Crippen LogP contribution >= 0.6 is 0 Å². The van der Waals surface area contributed by atoms with Crippen molar-refractivity contribution in [3.8, 4) is 5.75 Å². The molecule has 0 saturated heterocycles. The SMILES string of the molecule is CC[C@H](Oc1cccc2ccccc12)C(=O)N1c2ccccc2C[C@H]1C. The van der Waals surface area contributed by atoms with Gasteiger partial charge in [-0.15, -0.1) is 0 Å². The monoisotopic (exact) mass is 345 g/mol. The van der Waals surface area contributed by atoms with Crippen LogP contribution in [0.3, 0.4) is 0 Å². The maximum atomic E-state index is 13.3. The third-order valence-electron chi connectivity index (χ3n) is 5.11. The molecule has 0 bridgehead atoms. The first-order valence-corrected chi connectivity index (χ1v) is 9.24. The maximum absolute atomic E-state index is 13.3. The topological polar surface area (TPSA) is 29.5 Å². The minimum atomic E-state index is -0.491. The predicted octanol–water partition coefficient (Wildman–Crippen LogP) is 4.98. The van der Waals surface area contributed by atoms with Crippen LogP contribution in [0.4, 0.5) is 5.69 Å². The number of para-hydroxylation sites is 1. The van der Waals surface area contributed by atoms with E-state index in [1.807, 2.05) is 60.4 Å². The fraction of sp³-hybridized carbons (Fsp3) is 0.261. The van der Waals surface area contributed by atoms with Gasteiger partial charge in [-0.1, -0.05) is 61.5 Å². The van der Waals surface area contributed by atoms with Crippen molar-refractivity contribution in [1.29, 1.82) is 0 Å². The van der Waals surface area contributed by atoms with E-state index in [2.05, 4.69) is 25.1 Å². The van der Waals surface area contributed by atoms with E-state index in [1.165, 1.54) is 5.56 Å². The maximum Gasteiger partial charge on any atom is 0.268 e. The van der Waals surface area contributed by atoms with Crippen LogP contribution < -0.4 is 9.64 Å². The Labute approximate surface area is 154 Å². The summed E-state index contributed by atoms with van der Waals surface area (Å²) in [6.07, 6.45) is 1.04. The van der Waals surface area contributed by atoms with Gasteiger partial charge in [0.05, 0.1) is 0 Å². The molecule has 0 saturated carbocycles. The fourth-order valence-electron chi connectivity index (χ4n) is 3.82. The largest absolute Gasteiger partial charge is 0.480 e. The average Bonchev–Trinajstić information content (AvgIpc) is 3.01. The van der Waals surface area contributed by atoms with Gasteiger partial charge in [0.1, 0.15) is 5.75 Å². The highest BCUT2D eigenvalue weighted by Crippen LogP contribution is 2.33. The molecule has 0 aliphatic carbocycles. The normalized spacial score (nSPS) is 17.2. The van der Waals surface area contributed by atoms with Crippen LogP contribution in [0.15, 0.2) is 66.7 Å². The summed E-state index contributed by atoms with van der Waals surface area (Å²) in [4.78, 5) is 15.2. The number of rotatable bonds is 4. The van der Waals surface area contributed by atoms with Crippen LogP contribution in [0.25, 0.3) is 10.8 Å². The van der Waals surface area contributed by atoms with Gasteiger partial charge >= 0.3 is 0 Å². The highest BCUT2D eigenvalue weighted by atomic mass is 16.5. The average molecular weight is 345 g/mol. The second-order valence-electron chi connectivity index (χ2n) is 6.88. The van der Waals surface area contributed by atoms with E-state index in [0.717, 1.165) is 28.6 Å². The van der Waals surface area contributed by atoms with Crippen molar-refractivity contribution in [3.63, 3.8) is 0 Å². The lowest BCUT2D eigenvalue weighted by atomic mass is 10.1. The van der Waals surface area contributed by atoms with E-state index < -0.39 is 6.10 Å². The molecule has 2 atom stereocenters. The van der Waals surface area contributed by atoms with Crippen LogP contribution in [-0.2, 0) is 11.2 Å². The summed E-state index contributed by atoms with van der Waals surface area (Å²) in [5, 5.41) is 2.16. The van der Waals surface area contributed by atoms with E-state index >= 15 is 0 Å². The number of anilines is 1. The Bertz CT molecular complexity index is 944. The van der Waals surface area contributed by atoms with Crippen LogP contribution in [0.5, 0.6) is 5.75 Å². The van der Waals surface area contributed by atoms with Gasteiger partial charge in [0.2, 0.25) is 0 Å². The van der Waals surface area contributed by atoms with Crippen molar-refractivity contribution in [2.24, 2.45) is 0 Å². The molecule has 1 amide bonds. The number of nitrogens with zero attached hydrogens (tertiary/aromatic N) is 1. The molecule has 3 nitrogen and oxygen atoms in total. The van der Waals surface area contributed by atoms with Crippen molar-refractivity contribution in [2.45, 2.75) is 38.8 Å². The van der Waals surface area contributed by atoms with Crippen LogP contribution in [0.1, 0.15) is 25.8 Å². The second kappa shape index (κ2) is 6.83. The van der Waals surface area contributed by atoms with Gasteiger partial charge in [-0.05, 0) is 42.8 Å². The van der Waals surface area contributed by atoms with Crippen LogP contribution in [0, 0.1) is 0 Å². The highest BCUT2D eigenvalue weighted by molar-refractivity contribution is 5.99. The second-order valence-corrected chi connectivity index (χ2v) is 6.88. The molecule has 26 heavy (non-hydrogen) atoms. The smallest absolute Gasteiger partial charge is 0.268 e. The Hall–Kier alpha value is -2.81. The lowest BCUT2D eigenvalue weighted by Gasteiger charge is -2.28. The number of amides is 1. The van der Waals surface area contributed by atoms with Gasteiger partial charge in [0.25, 0.3) is 5.91 Å². The van der Waals surface area contributed by atoms with Crippen LogP contribution in [-0.4, -0.2) is 18.1 Å². The first-order chi connectivity index (χ1) is 12.7. The van der Waals surface area contributed by atoms with E-state index in [-0.39, 0.29) is 11.9 Å². The molecule has 0 aromatic heterocycles. The minimum absolute atomic E-state index is 0.0397. The standard InChI is InChI=1S/C23H23NO2/c1-3-21(26-22-14-8-11-17-9-4-6-12-19(17)22)23(25)24-16(2)15-18-10-5-7-13-20(18)24/h4-14,16,21H,3,15H2,1-2H3/t16-,21+/m1/s1. The molecule has 3 aromatic carbocycles. The van der Waals surface area contributed by atoms with Gasteiger partial charge in [0.15, 0.2) is 6.10 Å². The van der Waals surface area contributed by atoms with Gasteiger partial charge in [-0.3, -0.25) is 4.79 Å². The molecule has 3 heteroatoms. The van der Waals surface area contributed by atoms with Gasteiger partial charge in [-0.25, -0.2) is 0 Å². The van der Waals surface area contributed by atoms with E-state index in [4.69, 9.17) is 4.74 Å². The van der Waals surface area contributed by atoms with E-state index in [9.17, 15) is 4.79 Å². The summed E-state index contributed by atoms with van der Waals surface area (Å²) in [5.41, 5.74) is 2.25. The Kier molecular flexibility index (Phi) is 4.37. The van der Waals surface area contributed by atoms with Gasteiger partial charge < -0.3 is 9.64 Å². The predicted molar refractivity (Wildman–Crippen MR) is 106 cm³/mol. The summed E-state index contributed by atoms with van der Waals surface area (Å²) in [5.74, 6) is 0.807. The first kappa shape index (κ1) is 16.6. The molecule has 0 radical (unpaired) electrons. The third-order valence-corrected chi connectivity index (χ3v) is 5.11. The Balaban J connectivity index is 1.64. The number of benzene rings is 3. The van der Waals surface area contributed by atoms with Crippen molar-refractivity contribution >= 4 is 22.4 Å². The van der Waals surface area contributed by atoms with Crippen molar-refractivity contribution in [2.75, 3.05) is 4.90 Å². The quantitative estimate of drug-likeness (QED) is 0.668. The molecule has 4 rings (SSSR count). The molecule has 132 valence electrons. The van der Waals surface area contributed by atoms with Gasteiger partial charge in [0, 0.05) is 17.1 Å². The number of hydrogen-bond acceptors (Lipinski definition) is 2. The molecule has 3 aromatic rings. The lowest BCUT2D eigenvalue weighted by molar-refractivity contribution is -0.125. The van der Waals surface area contributed by atoms with Crippen LogP contribution in [0.2, 0.25) is 0 Å². The third kappa shape index (κ3) is 2.84. The Morgan fingerprint density at radius 3 is 2.65 bits per heavy atom. The first-order valence-electron chi connectivity index (χ1n) is 9.24. The molecule has 1 aliphatic heterocycles. The Morgan fingerprint density at radius 2 is 1.81 bits per heavy atom. The number of hydrogen-bond donors (Lipinski definition) is 0. The molecular weight excluding hydrogens is 322 g/mol. The molecule has 0 spiro atoms. The Morgan fingerprint density at radius 1 is 1.08 bits per heavy atom. The number of carbonyl (C=O) groups excluding carboxylic acids is 1. The summed E-state index contributed by atoms with van der Waals surface area (Å²) in [6, 6.07) is 22.4. The molecule has 0 fully saturated rings. The fourth-order valence-corrected chi connectivity index (χ4v) is 3.82.